The van der Waals surface area contributed by atoms with Crippen LogP contribution in [0.15, 0.2) is 73.2 Å². The number of nitrogens with one attached hydrogen (secondary N) is 2. The predicted octanol–water partition coefficient (Wildman–Crippen LogP) is 5.38. The third-order valence-corrected chi connectivity index (χ3v) is 8.21. The number of hydrogen-bond acceptors (Lipinski definition) is 9. The Bertz CT molecular complexity index is 1940. The van der Waals surface area contributed by atoms with E-state index in [9.17, 15) is 22.8 Å². The number of piperidine rings is 1. The minimum Gasteiger partial charge on any atom is -0.397 e. The molecule has 248 valence electrons. The average molecular weight is 659 g/mol. The number of aromatic nitrogens is 5. The van der Waals surface area contributed by atoms with Crippen LogP contribution in [-0.4, -0.2) is 61.1 Å². The number of likely N-dealkylation sites (tertiary alicyclic amines) is 1. The number of nitrogens with zero attached hydrogens (tertiary/aromatic N) is 6. The number of amides is 2. The summed E-state index contributed by atoms with van der Waals surface area (Å²) >= 11 is 0. The molecule has 0 aliphatic carbocycles. The summed E-state index contributed by atoms with van der Waals surface area (Å²) in [5.74, 6) is -0.658. The normalized spacial score (nSPS) is 15.4. The summed E-state index contributed by atoms with van der Waals surface area (Å²) in [6, 6.07) is 15.2. The Morgan fingerprint density at radius 1 is 0.979 bits per heavy atom. The van der Waals surface area contributed by atoms with Gasteiger partial charge in [-0.1, -0.05) is 24.3 Å². The Hall–Kier alpha value is -5.57. The standard InChI is InChI=1S/C33H33F3N10O2/c34-33(35,36)22-13-14-39-26(17-22)43-32(48)21-11-9-20(10-12-21)29-28-30(38)40-19-41-31(28)46(44-29)23-5-3-15-45(18-23)16-4-8-27(47)42-25-7-2-1-6-24(25)37/h1-2,6-7,9-14,17,19,23H,3-5,8,15-16,18,37H2,(H,42,47)(H2,38,40,41)(H,39,43,48). The molecule has 3 aromatic heterocycles. The molecule has 0 radical (unpaired) electrons. The zero-order chi connectivity index (χ0) is 33.8. The lowest BCUT2D eigenvalue weighted by molar-refractivity contribution is -0.137. The van der Waals surface area contributed by atoms with E-state index in [1.54, 1.807) is 36.4 Å². The van der Waals surface area contributed by atoms with Crippen LogP contribution in [0.5, 0.6) is 0 Å². The van der Waals surface area contributed by atoms with Crippen LogP contribution in [0.1, 0.15) is 47.6 Å². The Morgan fingerprint density at radius 3 is 2.54 bits per heavy atom. The van der Waals surface area contributed by atoms with Crippen LogP contribution in [-0.2, 0) is 11.0 Å². The number of anilines is 4. The topological polar surface area (TPSA) is 170 Å². The van der Waals surface area contributed by atoms with Crippen molar-refractivity contribution in [2.75, 3.05) is 41.7 Å². The van der Waals surface area contributed by atoms with Crippen LogP contribution in [0, 0.1) is 0 Å². The van der Waals surface area contributed by atoms with E-state index < -0.39 is 17.6 Å². The zero-order valence-electron chi connectivity index (χ0n) is 25.7. The summed E-state index contributed by atoms with van der Waals surface area (Å²) in [4.78, 5) is 40.1. The van der Waals surface area contributed by atoms with Gasteiger partial charge in [-0.15, -0.1) is 0 Å². The first-order valence-electron chi connectivity index (χ1n) is 15.4. The number of fused-ring (bicyclic) bond motifs is 1. The molecule has 2 amide bonds. The Kier molecular flexibility index (Phi) is 9.21. The minimum atomic E-state index is -4.56. The van der Waals surface area contributed by atoms with Crippen molar-refractivity contribution >= 4 is 45.9 Å². The molecule has 0 bridgehead atoms. The molecule has 6 N–H and O–H groups in total. The first kappa shape index (κ1) is 32.4. The molecular formula is C33H33F3N10O2. The molecule has 6 rings (SSSR count). The number of pyridine rings is 1. The lowest BCUT2D eigenvalue weighted by atomic mass is 10.1. The van der Waals surface area contributed by atoms with Gasteiger partial charge in [0.1, 0.15) is 23.7 Å². The maximum Gasteiger partial charge on any atom is 0.416 e. The molecular weight excluding hydrogens is 625 g/mol. The van der Waals surface area contributed by atoms with Crippen LogP contribution in [0.2, 0.25) is 0 Å². The highest BCUT2D eigenvalue weighted by Gasteiger charge is 2.31. The monoisotopic (exact) mass is 658 g/mol. The maximum atomic E-state index is 13.1. The zero-order valence-corrected chi connectivity index (χ0v) is 25.7. The quantitative estimate of drug-likeness (QED) is 0.152. The molecule has 1 aliphatic rings. The van der Waals surface area contributed by atoms with Gasteiger partial charge in [-0.2, -0.15) is 18.3 Å². The lowest BCUT2D eigenvalue weighted by Crippen LogP contribution is -2.37. The van der Waals surface area contributed by atoms with E-state index in [1.165, 1.54) is 6.33 Å². The smallest absolute Gasteiger partial charge is 0.397 e. The summed E-state index contributed by atoms with van der Waals surface area (Å²) < 4.78 is 41.1. The van der Waals surface area contributed by atoms with E-state index in [-0.39, 0.29) is 29.1 Å². The molecule has 4 heterocycles. The van der Waals surface area contributed by atoms with Gasteiger partial charge in [0.2, 0.25) is 5.91 Å². The van der Waals surface area contributed by atoms with Crippen molar-refractivity contribution < 1.29 is 22.8 Å². The summed E-state index contributed by atoms with van der Waals surface area (Å²) in [6.07, 6.45) is 0.658. The van der Waals surface area contributed by atoms with Crippen LogP contribution in [0.3, 0.4) is 0 Å². The van der Waals surface area contributed by atoms with Gasteiger partial charge in [0, 0.05) is 30.3 Å². The number of halogens is 3. The number of carbonyl (C=O) groups excluding carboxylic acids is 2. The second kappa shape index (κ2) is 13.7. The van der Waals surface area contributed by atoms with E-state index >= 15 is 0 Å². The molecule has 1 unspecified atom stereocenters. The van der Waals surface area contributed by atoms with Crippen molar-refractivity contribution in [1.82, 2.24) is 29.6 Å². The second-order valence-corrected chi connectivity index (χ2v) is 11.5. The maximum absolute atomic E-state index is 13.1. The van der Waals surface area contributed by atoms with E-state index in [0.29, 0.717) is 53.1 Å². The van der Waals surface area contributed by atoms with Crippen LogP contribution < -0.4 is 22.1 Å². The number of benzene rings is 2. The molecule has 12 nitrogen and oxygen atoms in total. The SMILES string of the molecule is Nc1ccccc1NC(=O)CCCN1CCCC(n2nc(-c3ccc(C(=O)Nc4cc(C(F)(F)F)ccn4)cc3)c3c(N)ncnc32)C1. The van der Waals surface area contributed by atoms with Gasteiger partial charge in [-0.25, -0.2) is 19.6 Å². The number of nitrogen functional groups attached to an aromatic ring is 2. The van der Waals surface area contributed by atoms with Gasteiger partial charge < -0.3 is 27.0 Å². The molecule has 0 spiro atoms. The van der Waals surface area contributed by atoms with Crippen LogP contribution >= 0.6 is 0 Å². The highest BCUT2D eigenvalue weighted by molar-refractivity contribution is 6.04. The van der Waals surface area contributed by atoms with Crippen molar-refractivity contribution in [3.05, 3.63) is 84.3 Å². The number of hydrogen-bond donors (Lipinski definition) is 4. The van der Waals surface area contributed by atoms with Crippen molar-refractivity contribution in [2.45, 2.75) is 37.9 Å². The van der Waals surface area contributed by atoms with Gasteiger partial charge in [-0.3, -0.25) is 9.59 Å². The third kappa shape index (κ3) is 7.20. The van der Waals surface area contributed by atoms with Gasteiger partial charge in [-0.05, 0) is 68.8 Å². The first-order chi connectivity index (χ1) is 23.1. The Labute approximate surface area is 273 Å². The van der Waals surface area contributed by atoms with Gasteiger partial charge in [0.05, 0.1) is 28.4 Å². The van der Waals surface area contributed by atoms with E-state index in [4.69, 9.17) is 16.6 Å². The molecule has 0 saturated carbocycles. The lowest BCUT2D eigenvalue weighted by Gasteiger charge is -2.32. The number of carbonyl (C=O) groups is 2. The van der Waals surface area contributed by atoms with Crippen molar-refractivity contribution in [2.24, 2.45) is 0 Å². The fraction of sp³-hybridized carbons (Fsp3) is 0.273. The summed E-state index contributed by atoms with van der Waals surface area (Å²) in [5, 5.41) is 10.8. The Balaban J connectivity index is 1.14. The molecule has 1 saturated heterocycles. The molecule has 1 aliphatic heterocycles. The first-order valence-corrected chi connectivity index (χ1v) is 15.4. The van der Waals surface area contributed by atoms with E-state index in [2.05, 4.69) is 30.5 Å². The minimum absolute atomic E-state index is 0.00717. The number of rotatable bonds is 9. The van der Waals surface area contributed by atoms with Gasteiger partial charge in [0.15, 0.2) is 5.65 Å². The molecule has 1 fully saturated rings. The summed E-state index contributed by atoms with van der Waals surface area (Å²) in [7, 11) is 0. The highest BCUT2D eigenvalue weighted by atomic mass is 19.4. The van der Waals surface area contributed by atoms with Crippen molar-refractivity contribution in [3.8, 4) is 11.3 Å². The van der Waals surface area contributed by atoms with Crippen LogP contribution in [0.25, 0.3) is 22.3 Å². The fourth-order valence-electron chi connectivity index (χ4n) is 5.82. The Morgan fingerprint density at radius 2 is 1.77 bits per heavy atom. The van der Waals surface area contributed by atoms with Gasteiger partial charge in [0.25, 0.3) is 5.91 Å². The summed E-state index contributed by atoms with van der Waals surface area (Å²) in [5.41, 5.74) is 14.5. The predicted molar refractivity (Wildman–Crippen MR) is 176 cm³/mol. The summed E-state index contributed by atoms with van der Waals surface area (Å²) in [6.45, 7) is 2.33. The van der Waals surface area contributed by atoms with E-state index in [0.717, 1.165) is 44.3 Å². The average Bonchev–Trinajstić information content (AvgIpc) is 3.47. The van der Waals surface area contributed by atoms with Gasteiger partial charge >= 0.3 is 6.18 Å². The number of nitrogens with two attached hydrogens (primary N) is 2. The highest BCUT2D eigenvalue weighted by Crippen LogP contribution is 2.34. The molecule has 2 aromatic carbocycles. The molecule has 1 atom stereocenters. The number of para-hydroxylation sites is 2. The third-order valence-electron chi connectivity index (χ3n) is 8.21. The van der Waals surface area contributed by atoms with Crippen LogP contribution in [0.4, 0.5) is 36.2 Å². The molecule has 48 heavy (non-hydrogen) atoms. The van der Waals surface area contributed by atoms with Crippen molar-refractivity contribution in [3.63, 3.8) is 0 Å². The number of alkyl halides is 3. The largest absolute Gasteiger partial charge is 0.416 e. The van der Waals surface area contributed by atoms with Crippen molar-refractivity contribution in [1.29, 1.82) is 0 Å². The van der Waals surface area contributed by atoms with E-state index in [1.807, 2.05) is 16.8 Å². The fourth-order valence-corrected chi connectivity index (χ4v) is 5.82. The molecule has 5 aromatic rings. The molecule has 15 heteroatoms. The second-order valence-electron chi connectivity index (χ2n) is 11.5.